The third-order valence-corrected chi connectivity index (χ3v) is 4.40. The van der Waals surface area contributed by atoms with Gasteiger partial charge in [-0.3, -0.25) is 4.40 Å². The monoisotopic (exact) mass is 397 g/mol. The van der Waals surface area contributed by atoms with E-state index in [1.165, 1.54) is 9.08 Å². The summed E-state index contributed by atoms with van der Waals surface area (Å²) in [4.78, 5) is 24.5. The Kier molecular flexibility index (Phi) is 7.40. The van der Waals surface area contributed by atoms with Crippen LogP contribution < -0.4 is 16.3 Å². The van der Waals surface area contributed by atoms with Gasteiger partial charge in [0, 0.05) is 31.6 Å². The first-order valence-electron chi connectivity index (χ1n) is 9.93. The van der Waals surface area contributed by atoms with Crippen molar-refractivity contribution in [1.82, 2.24) is 19.5 Å². The average molecular weight is 397 g/mol. The molecular formula is C21H27N5O3. The zero-order valence-corrected chi connectivity index (χ0v) is 16.6. The minimum absolute atomic E-state index is 0.196. The minimum atomic E-state index is -0.263. The van der Waals surface area contributed by atoms with E-state index in [0.29, 0.717) is 31.0 Å². The minimum Gasteiger partial charge on any atom is -0.381 e. The third-order valence-electron chi connectivity index (χ3n) is 4.40. The van der Waals surface area contributed by atoms with E-state index in [9.17, 15) is 9.59 Å². The molecule has 1 aromatic carbocycles. The van der Waals surface area contributed by atoms with Crippen LogP contribution in [0.15, 0.2) is 53.5 Å². The molecule has 29 heavy (non-hydrogen) atoms. The van der Waals surface area contributed by atoms with Crippen LogP contribution in [0.5, 0.6) is 0 Å². The number of anilines is 1. The van der Waals surface area contributed by atoms with Crippen LogP contribution in [0.4, 0.5) is 10.5 Å². The molecule has 0 radical (unpaired) electrons. The largest absolute Gasteiger partial charge is 0.381 e. The maximum atomic E-state index is 12.4. The van der Waals surface area contributed by atoms with Gasteiger partial charge in [-0.25, -0.2) is 14.3 Å². The SMILES string of the molecule is CCCCOCCCNC(=O)Nc1cccc(Cn2nc3ccccn3c2=O)c1. The van der Waals surface area contributed by atoms with Crippen LogP contribution in [0.2, 0.25) is 0 Å². The van der Waals surface area contributed by atoms with Gasteiger partial charge in [-0.15, -0.1) is 5.10 Å². The van der Waals surface area contributed by atoms with Crippen LogP contribution in [-0.4, -0.2) is 40.0 Å². The Balaban J connectivity index is 1.51. The number of benzene rings is 1. The van der Waals surface area contributed by atoms with Gasteiger partial charge in [0.2, 0.25) is 0 Å². The van der Waals surface area contributed by atoms with Crippen molar-refractivity contribution >= 4 is 17.4 Å². The molecule has 8 heteroatoms. The van der Waals surface area contributed by atoms with Crippen LogP contribution in [0, 0.1) is 0 Å². The van der Waals surface area contributed by atoms with E-state index in [2.05, 4.69) is 22.7 Å². The number of aromatic nitrogens is 3. The lowest BCUT2D eigenvalue weighted by atomic mass is 10.2. The number of nitrogens with one attached hydrogen (secondary N) is 2. The van der Waals surface area contributed by atoms with Crippen molar-refractivity contribution in [3.05, 3.63) is 64.7 Å². The summed E-state index contributed by atoms with van der Waals surface area (Å²) >= 11 is 0. The van der Waals surface area contributed by atoms with Crippen molar-refractivity contribution in [1.29, 1.82) is 0 Å². The van der Waals surface area contributed by atoms with Crippen molar-refractivity contribution in [2.24, 2.45) is 0 Å². The number of fused-ring (bicyclic) bond motifs is 1. The molecule has 0 spiro atoms. The highest BCUT2D eigenvalue weighted by molar-refractivity contribution is 5.89. The summed E-state index contributed by atoms with van der Waals surface area (Å²) in [7, 11) is 0. The van der Waals surface area contributed by atoms with Crippen molar-refractivity contribution in [3.8, 4) is 0 Å². The van der Waals surface area contributed by atoms with Gasteiger partial charge < -0.3 is 15.4 Å². The first-order chi connectivity index (χ1) is 14.2. The molecule has 2 N–H and O–H groups in total. The van der Waals surface area contributed by atoms with Crippen molar-refractivity contribution in [3.63, 3.8) is 0 Å². The molecule has 0 saturated carbocycles. The van der Waals surface area contributed by atoms with Gasteiger partial charge in [0.1, 0.15) is 0 Å². The normalized spacial score (nSPS) is 10.9. The number of pyridine rings is 1. The summed E-state index contributed by atoms with van der Waals surface area (Å²) in [5.74, 6) is 0. The Morgan fingerprint density at radius 1 is 1.14 bits per heavy atom. The lowest BCUT2D eigenvalue weighted by molar-refractivity contribution is 0.129. The highest BCUT2D eigenvalue weighted by Gasteiger charge is 2.08. The predicted octanol–water partition coefficient (Wildman–Crippen LogP) is 2.87. The fraction of sp³-hybridized carbons (Fsp3) is 0.381. The second-order valence-corrected chi connectivity index (χ2v) is 6.77. The zero-order chi connectivity index (χ0) is 20.5. The van der Waals surface area contributed by atoms with E-state index in [1.807, 2.05) is 30.3 Å². The standard InChI is InChI=1S/C21H27N5O3/c1-2-3-13-29-14-7-11-22-20(27)23-18-9-6-8-17(15-18)16-26-21(28)25-12-5-4-10-19(25)24-26/h4-6,8-10,12,15H,2-3,7,11,13-14,16H2,1H3,(H2,22,23,27). The fourth-order valence-corrected chi connectivity index (χ4v) is 2.89. The summed E-state index contributed by atoms with van der Waals surface area (Å²) in [5.41, 5.74) is 1.94. The molecular weight excluding hydrogens is 370 g/mol. The maximum Gasteiger partial charge on any atom is 0.350 e. The Morgan fingerprint density at radius 3 is 2.83 bits per heavy atom. The first-order valence-corrected chi connectivity index (χ1v) is 9.93. The molecule has 0 aliphatic rings. The van der Waals surface area contributed by atoms with Crippen LogP contribution in [0.3, 0.4) is 0 Å². The number of hydrogen-bond acceptors (Lipinski definition) is 4. The van der Waals surface area contributed by atoms with Gasteiger partial charge in [-0.2, -0.15) is 0 Å². The molecule has 0 atom stereocenters. The van der Waals surface area contributed by atoms with Gasteiger partial charge in [0.25, 0.3) is 0 Å². The Bertz CT molecular complexity index is 995. The summed E-state index contributed by atoms with van der Waals surface area (Å²) in [6.45, 7) is 4.41. The average Bonchev–Trinajstić information content (AvgIpc) is 3.03. The van der Waals surface area contributed by atoms with Gasteiger partial charge >= 0.3 is 11.7 Å². The molecule has 0 unspecified atom stereocenters. The zero-order valence-electron chi connectivity index (χ0n) is 16.6. The molecule has 0 aliphatic carbocycles. The maximum absolute atomic E-state index is 12.4. The third kappa shape index (κ3) is 5.92. The van der Waals surface area contributed by atoms with Crippen LogP contribution >= 0.6 is 0 Å². The molecule has 8 nitrogen and oxygen atoms in total. The van der Waals surface area contributed by atoms with E-state index >= 15 is 0 Å². The van der Waals surface area contributed by atoms with Crippen LogP contribution in [0.1, 0.15) is 31.7 Å². The summed E-state index contributed by atoms with van der Waals surface area (Å²) in [5, 5.41) is 9.96. The number of carbonyl (C=O) groups excluding carboxylic acids is 1. The van der Waals surface area contributed by atoms with Crippen LogP contribution in [-0.2, 0) is 11.3 Å². The van der Waals surface area contributed by atoms with Gasteiger partial charge in [0.15, 0.2) is 5.65 Å². The van der Waals surface area contributed by atoms with Gasteiger partial charge in [-0.1, -0.05) is 31.5 Å². The van der Waals surface area contributed by atoms with E-state index in [0.717, 1.165) is 31.4 Å². The number of nitrogens with zero attached hydrogens (tertiary/aromatic N) is 3. The van der Waals surface area contributed by atoms with Crippen molar-refractivity contribution in [2.45, 2.75) is 32.7 Å². The smallest absolute Gasteiger partial charge is 0.350 e. The van der Waals surface area contributed by atoms with E-state index < -0.39 is 0 Å². The number of hydrogen-bond donors (Lipinski definition) is 2. The van der Waals surface area contributed by atoms with Crippen molar-refractivity contribution < 1.29 is 9.53 Å². The molecule has 2 heterocycles. The van der Waals surface area contributed by atoms with Gasteiger partial charge in [0.05, 0.1) is 6.54 Å². The van der Waals surface area contributed by atoms with E-state index in [-0.39, 0.29) is 11.7 Å². The Morgan fingerprint density at radius 2 is 2.00 bits per heavy atom. The molecule has 3 rings (SSSR count). The quantitative estimate of drug-likeness (QED) is 0.515. The second-order valence-electron chi connectivity index (χ2n) is 6.77. The van der Waals surface area contributed by atoms with E-state index in [1.54, 1.807) is 18.3 Å². The lowest BCUT2D eigenvalue weighted by Gasteiger charge is -2.09. The molecule has 0 aliphatic heterocycles. The van der Waals surface area contributed by atoms with Crippen molar-refractivity contribution in [2.75, 3.05) is 25.1 Å². The van der Waals surface area contributed by atoms with Crippen LogP contribution in [0.25, 0.3) is 5.65 Å². The molecule has 154 valence electrons. The number of rotatable bonds is 10. The first kappa shape index (κ1) is 20.6. The highest BCUT2D eigenvalue weighted by atomic mass is 16.5. The summed E-state index contributed by atoms with van der Waals surface area (Å²) in [6, 6.07) is 12.5. The molecule has 0 saturated heterocycles. The number of carbonyl (C=O) groups is 1. The molecule has 3 aromatic rings. The van der Waals surface area contributed by atoms with E-state index in [4.69, 9.17) is 4.74 Å². The predicted molar refractivity (Wildman–Crippen MR) is 112 cm³/mol. The number of ether oxygens (including phenoxy) is 1. The number of amides is 2. The summed E-state index contributed by atoms with van der Waals surface area (Å²) in [6.07, 6.45) is 4.64. The fourth-order valence-electron chi connectivity index (χ4n) is 2.89. The summed E-state index contributed by atoms with van der Waals surface area (Å²) < 4.78 is 8.38. The number of urea groups is 1. The second kappa shape index (κ2) is 10.4. The molecule has 0 bridgehead atoms. The Labute approximate surface area is 169 Å². The van der Waals surface area contributed by atoms with Gasteiger partial charge in [-0.05, 0) is 42.7 Å². The molecule has 0 fully saturated rings. The molecule has 2 aromatic heterocycles. The highest BCUT2D eigenvalue weighted by Crippen LogP contribution is 2.11. The lowest BCUT2D eigenvalue weighted by Crippen LogP contribution is -2.30. The topological polar surface area (TPSA) is 89.7 Å². The molecule has 2 amide bonds. The Hall–Kier alpha value is -3.13. The number of unbranched alkanes of at least 4 members (excludes halogenated alkanes) is 1.